The van der Waals surface area contributed by atoms with E-state index < -0.39 is 0 Å². The molecule has 1 N–H and O–H groups in total. The number of hydrogen-bond donors (Lipinski definition) is 1. The van der Waals surface area contributed by atoms with Gasteiger partial charge in [0.25, 0.3) is 0 Å². The van der Waals surface area contributed by atoms with Crippen molar-refractivity contribution in [3.63, 3.8) is 0 Å². The summed E-state index contributed by atoms with van der Waals surface area (Å²) in [4.78, 5) is 6.67. The van der Waals surface area contributed by atoms with Gasteiger partial charge in [-0.25, -0.2) is 0 Å². The van der Waals surface area contributed by atoms with Gasteiger partial charge < -0.3 is 14.6 Å². The third-order valence-electron chi connectivity index (χ3n) is 5.63. The molecule has 166 valence electrons. The van der Waals surface area contributed by atoms with Gasteiger partial charge in [-0.2, -0.15) is 0 Å². The first-order valence-corrected chi connectivity index (χ1v) is 12.2. The Hall–Kier alpha value is -2.38. The quantitative estimate of drug-likeness (QED) is 0.258. The molecule has 2 aromatic heterocycles. The highest BCUT2D eigenvalue weighted by molar-refractivity contribution is 9.10. The Labute approximate surface area is 215 Å². The number of halogens is 3. The van der Waals surface area contributed by atoms with Crippen molar-refractivity contribution >= 4 is 62.1 Å². The van der Waals surface area contributed by atoms with Crippen molar-refractivity contribution in [3.8, 4) is 11.3 Å². The van der Waals surface area contributed by atoms with Gasteiger partial charge in [0.1, 0.15) is 17.6 Å². The molecule has 2 atom stereocenters. The minimum absolute atomic E-state index is 0.192. The minimum Gasteiger partial charge on any atom is -0.459 e. The Bertz CT molecular complexity index is 1340. The molecule has 0 saturated carbocycles. The summed E-state index contributed by atoms with van der Waals surface area (Å²) in [6, 6.07) is 20.8. The lowest BCUT2D eigenvalue weighted by Crippen LogP contribution is -2.29. The molecule has 2 aromatic carbocycles. The van der Waals surface area contributed by atoms with E-state index in [1.54, 1.807) is 18.3 Å². The zero-order valence-electron chi connectivity index (χ0n) is 17.4. The smallest absolute Gasteiger partial charge is 0.174 e. The summed E-state index contributed by atoms with van der Waals surface area (Å²) < 4.78 is 7.42. The average molecular weight is 559 g/mol. The van der Waals surface area contributed by atoms with Crippen molar-refractivity contribution in [2.75, 3.05) is 4.90 Å². The Morgan fingerprint density at radius 1 is 1.06 bits per heavy atom. The van der Waals surface area contributed by atoms with Crippen LogP contribution in [0.3, 0.4) is 0 Å². The molecule has 1 aliphatic heterocycles. The lowest BCUT2D eigenvalue weighted by atomic mass is 10.0. The number of hydrogen-bond acceptors (Lipinski definition) is 3. The maximum atomic E-state index is 6.44. The summed E-state index contributed by atoms with van der Waals surface area (Å²) >= 11 is 21.9. The molecule has 0 radical (unpaired) electrons. The van der Waals surface area contributed by atoms with E-state index in [9.17, 15) is 0 Å². The van der Waals surface area contributed by atoms with Crippen molar-refractivity contribution in [1.29, 1.82) is 0 Å². The van der Waals surface area contributed by atoms with E-state index in [4.69, 9.17) is 39.8 Å². The number of aryl methyl sites for hydroxylation is 1. The van der Waals surface area contributed by atoms with Crippen molar-refractivity contribution in [2.45, 2.75) is 19.0 Å². The molecule has 0 spiro atoms. The van der Waals surface area contributed by atoms with Gasteiger partial charge in [-0.15, -0.1) is 0 Å². The van der Waals surface area contributed by atoms with Crippen LogP contribution in [0.15, 0.2) is 81.8 Å². The highest BCUT2D eigenvalue weighted by atomic mass is 79.9. The van der Waals surface area contributed by atoms with Crippen molar-refractivity contribution in [3.05, 3.63) is 104 Å². The fraction of sp³-hybridized carbons (Fsp3) is 0.120. The van der Waals surface area contributed by atoms with Crippen LogP contribution in [-0.4, -0.2) is 10.1 Å². The molecule has 1 aliphatic rings. The van der Waals surface area contributed by atoms with Crippen LogP contribution in [-0.2, 0) is 0 Å². The van der Waals surface area contributed by atoms with E-state index >= 15 is 0 Å². The van der Waals surface area contributed by atoms with E-state index in [1.165, 1.54) is 0 Å². The summed E-state index contributed by atoms with van der Waals surface area (Å²) in [6.07, 6.45) is 1.78. The summed E-state index contributed by atoms with van der Waals surface area (Å²) in [6.45, 7) is 2.05. The van der Waals surface area contributed by atoms with E-state index in [0.717, 1.165) is 32.7 Å². The minimum atomic E-state index is -0.243. The standard InChI is InChI=1S/C25H18BrCl2N3OS/c1-14-12-16(6-8-18(14)26)31-24(23(30-25(31)33)20-4-2-3-11-29-20)22-10-9-21(32-22)17-7-5-15(27)13-19(17)28/h2-13,23-24H,1H3,(H,30,33)/t23-,24-/m1/s1. The molecule has 33 heavy (non-hydrogen) atoms. The van der Waals surface area contributed by atoms with Gasteiger partial charge in [-0.1, -0.05) is 45.2 Å². The number of pyridine rings is 1. The molecule has 8 heteroatoms. The summed E-state index contributed by atoms with van der Waals surface area (Å²) in [5.74, 6) is 1.41. The Balaban J connectivity index is 1.61. The summed E-state index contributed by atoms with van der Waals surface area (Å²) in [5, 5.41) is 5.17. The van der Waals surface area contributed by atoms with Crippen LogP contribution in [0.25, 0.3) is 11.3 Å². The number of anilines is 1. The summed E-state index contributed by atoms with van der Waals surface area (Å²) in [7, 11) is 0. The second kappa shape index (κ2) is 9.11. The lowest BCUT2D eigenvalue weighted by molar-refractivity contribution is 0.439. The number of benzene rings is 2. The normalized spacial score (nSPS) is 17.9. The third-order valence-corrected chi connectivity index (χ3v) is 7.38. The number of nitrogens with one attached hydrogen (secondary N) is 1. The molecule has 0 unspecified atom stereocenters. The molecule has 5 rings (SSSR count). The van der Waals surface area contributed by atoms with Crippen LogP contribution < -0.4 is 10.2 Å². The van der Waals surface area contributed by atoms with Crippen molar-refractivity contribution in [1.82, 2.24) is 10.3 Å². The fourth-order valence-electron chi connectivity index (χ4n) is 4.05. The van der Waals surface area contributed by atoms with Gasteiger partial charge in [0, 0.05) is 26.9 Å². The SMILES string of the molecule is Cc1cc(N2C(=S)N[C@H](c3ccccn3)[C@H]2c2ccc(-c3ccc(Cl)cc3Cl)o2)ccc1Br. The van der Waals surface area contributed by atoms with Crippen molar-refractivity contribution < 1.29 is 4.42 Å². The maximum absolute atomic E-state index is 6.44. The van der Waals surface area contributed by atoms with Gasteiger partial charge in [-0.05, 0) is 85.4 Å². The molecular weight excluding hydrogens is 541 g/mol. The maximum Gasteiger partial charge on any atom is 0.174 e. The lowest BCUT2D eigenvalue weighted by Gasteiger charge is -2.26. The van der Waals surface area contributed by atoms with Crippen molar-refractivity contribution in [2.24, 2.45) is 0 Å². The topological polar surface area (TPSA) is 41.3 Å². The molecule has 1 saturated heterocycles. The van der Waals surface area contributed by atoms with Gasteiger partial charge in [0.05, 0.1) is 16.8 Å². The number of thiocarbonyl (C=S) groups is 1. The number of rotatable bonds is 4. The zero-order chi connectivity index (χ0) is 23.1. The Morgan fingerprint density at radius 3 is 2.64 bits per heavy atom. The van der Waals surface area contributed by atoms with Crippen LogP contribution in [0.1, 0.15) is 29.1 Å². The number of aromatic nitrogens is 1. The second-order valence-electron chi connectivity index (χ2n) is 7.76. The van der Waals surface area contributed by atoms with E-state index in [1.807, 2.05) is 48.5 Å². The van der Waals surface area contributed by atoms with Crippen LogP contribution in [0.5, 0.6) is 0 Å². The predicted molar refractivity (Wildman–Crippen MR) is 141 cm³/mol. The first kappa shape index (κ1) is 22.4. The van der Waals surface area contributed by atoms with E-state index in [0.29, 0.717) is 20.9 Å². The van der Waals surface area contributed by atoms with E-state index in [2.05, 4.69) is 44.1 Å². The van der Waals surface area contributed by atoms with Crippen LogP contribution in [0.2, 0.25) is 10.0 Å². The first-order chi connectivity index (χ1) is 15.9. The van der Waals surface area contributed by atoms with E-state index in [-0.39, 0.29) is 12.1 Å². The fourth-order valence-corrected chi connectivity index (χ4v) is 5.14. The van der Waals surface area contributed by atoms with Gasteiger partial charge in [0.2, 0.25) is 0 Å². The Morgan fingerprint density at radius 2 is 1.91 bits per heavy atom. The Kier molecular flexibility index (Phi) is 6.18. The van der Waals surface area contributed by atoms with Gasteiger partial charge in [-0.3, -0.25) is 4.98 Å². The molecular formula is C25H18BrCl2N3OS. The van der Waals surface area contributed by atoms with Gasteiger partial charge >= 0.3 is 0 Å². The predicted octanol–water partition coefficient (Wildman–Crippen LogP) is 7.90. The molecule has 4 aromatic rings. The summed E-state index contributed by atoms with van der Waals surface area (Å²) in [5.41, 5.74) is 3.74. The van der Waals surface area contributed by atoms with Crippen LogP contribution >= 0.6 is 51.3 Å². The number of furan rings is 1. The zero-order valence-corrected chi connectivity index (χ0v) is 21.3. The van der Waals surface area contributed by atoms with Crippen LogP contribution in [0.4, 0.5) is 5.69 Å². The molecule has 0 bridgehead atoms. The highest BCUT2D eigenvalue weighted by Gasteiger charge is 2.42. The highest BCUT2D eigenvalue weighted by Crippen LogP contribution is 2.44. The molecule has 0 amide bonds. The first-order valence-electron chi connectivity index (χ1n) is 10.2. The molecule has 3 heterocycles. The molecule has 4 nitrogen and oxygen atoms in total. The third kappa shape index (κ3) is 4.28. The number of nitrogens with zero attached hydrogens (tertiary/aromatic N) is 2. The monoisotopic (exact) mass is 557 g/mol. The average Bonchev–Trinajstić information content (AvgIpc) is 3.41. The van der Waals surface area contributed by atoms with Gasteiger partial charge in [0.15, 0.2) is 5.11 Å². The molecule has 0 aliphatic carbocycles. The largest absolute Gasteiger partial charge is 0.459 e. The molecule has 1 fully saturated rings. The van der Waals surface area contributed by atoms with Crippen LogP contribution in [0, 0.1) is 6.92 Å². The second-order valence-corrected chi connectivity index (χ2v) is 9.84.